The number of pyridine rings is 1. The van der Waals surface area contributed by atoms with Crippen LogP contribution in [0.3, 0.4) is 0 Å². The summed E-state index contributed by atoms with van der Waals surface area (Å²) in [5, 5.41) is 0.321. The molecule has 0 radical (unpaired) electrons. The monoisotopic (exact) mass is 605 g/mol. The number of benzene rings is 1. The van der Waals surface area contributed by atoms with Gasteiger partial charge in [0.2, 0.25) is 11.8 Å². The average molecular weight is 606 g/mol. The number of amides is 1. The van der Waals surface area contributed by atoms with Crippen LogP contribution in [0.4, 0.5) is 19.1 Å². The highest BCUT2D eigenvalue weighted by atomic mass is 79.9. The zero-order valence-corrected chi connectivity index (χ0v) is 22.5. The lowest BCUT2D eigenvalue weighted by Gasteiger charge is -2.34. The second-order valence-electron chi connectivity index (χ2n) is 8.91. The summed E-state index contributed by atoms with van der Waals surface area (Å²) in [5.41, 5.74) is 5.46. The molecular weight excluding hydrogens is 583 g/mol. The predicted molar refractivity (Wildman–Crippen MR) is 139 cm³/mol. The Morgan fingerprint density at radius 1 is 1.10 bits per heavy atom. The van der Waals surface area contributed by atoms with Crippen molar-refractivity contribution in [2.24, 2.45) is 5.73 Å². The number of ether oxygens (including phenoxy) is 1. The molecule has 0 saturated carbocycles. The molecule has 39 heavy (non-hydrogen) atoms. The zero-order chi connectivity index (χ0) is 27.9. The number of alkyl halides is 3. The maximum absolute atomic E-state index is 13.5. The van der Waals surface area contributed by atoms with Crippen molar-refractivity contribution in [1.29, 1.82) is 0 Å². The minimum absolute atomic E-state index is 0.00969. The number of hydrogen-bond donors (Lipinski definition) is 1. The molecule has 1 saturated heterocycles. The van der Waals surface area contributed by atoms with E-state index in [4.69, 9.17) is 14.9 Å². The molecule has 1 aliphatic rings. The van der Waals surface area contributed by atoms with Crippen LogP contribution in [0.25, 0.3) is 22.4 Å². The molecule has 0 spiro atoms. The van der Waals surface area contributed by atoms with Crippen molar-refractivity contribution in [3.63, 3.8) is 0 Å². The summed E-state index contributed by atoms with van der Waals surface area (Å²) in [6.07, 6.45) is -1.31. The van der Waals surface area contributed by atoms with Gasteiger partial charge >= 0.3 is 6.18 Å². The minimum Gasteiger partial charge on any atom is -0.494 e. The number of halogens is 4. The van der Waals surface area contributed by atoms with E-state index in [1.54, 1.807) is 30.3 Å². The Morgan fingerprint density at radius 3 is 2.41 bits per heavy atom. The smallest absolute Gasteiger partial charge is 0.433 e. The number of piperazine rings is 1. The highest BCUT2D eigenvalue weighted by molar-refractivity contribution is 9.10. The number of carbonyl (C=O) groups excluding carboxylic acids is 1. The van der Waals surface area contributed by atoms with Gasteiger partial charge in [-0.05, 0) is 47.1 Å². The molecule has 4 heterocycles. The molecule has 0 unspecified atom stereocenters. The van der Waals surface area contributed by atoms with Crippen LogP contribution in [0.5, 0.6) is 5.75 Å². The van der Waals surface area contributed by atoms with Crippen LogP contribution < -0.4 is 15.4 Å². The Labute approximate surface area is 229 Å². The summed E-state index contributed by atoms with van der Waals surface area (Å²) < 4.78 is 51.9. The van der Waals surface area contributed by atoms with Crippen molar-refractivity contribution in [3.05, 3.63) is 58.3 Å². The molecule has 0 bridgehead atoms. The zero-order valence-electron chi connectivity index (χ0n) is 20.9. The van der Waals surface area contributed by atoms with E-state index in [2.05, 4.69) is 35.9 Å². The fourth-order valence-electron chi connectivity index (χ4n) is 4.34. The van der Waals surface area contributed by atoms with E-state index >= 15 is 0 Å². The van der Waals surface area contributed by atoms with Crippen LogP contribution in [-0.2, 0) is 6.18 Å². The third-order valence-electron chi connectivity index (χ3n) is 6.29. The number of aromatic nitrogens is 4. The van der Waals surface area contributed by atoms with Crippen molar-refractivity contribution in [1.82, 2.24) is 24.8 Å². The lowest BCUT2D eigenvalue weighted by atomic mass is 10.1. The van der Waals surface area contributed by atoms with Crippen LogP contribution in [-0.4, -0.2) is 64.0 Å². The molecule has 4 aromatic rings. The fourth-order valence-corrected chi connectivity index (χ4v) is 4.54. The highest BCUT2D eigenvalue weighted by Crippen LogP contribution is 2.37. The summed E-state index contributed by atoms with van der Waals surface area (Å²) in [6.45, 7) is 3.49. The summed E-state index contributed by atoms with van der Waals surface area (Å²) in [5.74, 6) is 0.588. The summed E-state index contributed by atoms with van der Waals surface area (Å²) >= 11 is 3.32. The lowest BCUT2D eigenvalue weighted by molar-refractivity contribution is -0.140. The van der Waals surface area contributed by atoms with Crippen molar-refractivity contribution in [2.45, 2.75) is 19.1 Å². The number of nitrogens with two attached hydrogens (primary N) is 1. The maximum atomic E-state index is 13.5. The van der Waals surface area contributed by atoms with Gasteiger partial charge in [0, 0.05) is 49.5 Å². The number of anilines is 1. The Hall–Kier alpha value is -3.78. The van der Waals surface area contributed by atoms with Gasteiger partial charge in [-0.2, -0.15) is 13.2 Å². The first kappa shape index (κ1) is 26.8. The minimum atomic E-state index is -4.63. The van der Waals surface area contributed by atoms with E-state index in [0.29, 0.717) is 43.1 Å². The number of rotatable bonds is 5. The van der Waals surface area contributed by atoms with Gasteiger partial charge in [0.05, 0.1) is 17.6 Å². The third-order valence-corrected chi connectivity index (χ3v) is 6.70. The molecule has 1 aromatic carbocycles. The van der Waals surface area contributed by atoms with Gasteiger partial charge in [0.15, 0.2) is 11.5 Å². The highest BCUT2D eigenvalue weighted by Gasteiger charge is 2.34. The molecule has 1 amide bonds. The van der Waals surface area contributed by atoms with Gasteiger partial charge in [-0.15, -0.1) is 0 Å². The number of methoxy groups -OCH3 is 1. The van der Waals surface area contributed by atoms with Gasteiger partial charge < -0.3 is 24.7 Å². The van der Waals surface area contributed by atoms with E-state index in [1.807, 2.05) is 4.90 Å². The first-order valence-corrected chi connectivity index (χ1v) is 12.7. The Bertz CT molecular complexity index is 1520. The third kappa shape index (κ3) is 5.26. The first-order chi connectivity index (χ1) is 18.6. The maximum Gasteiger partial charge on any atom is 0.433 e. The normalized spacial score (nSPS) is 15.1. The molecule has 1 fully saturated rings. The largest absolute Gasteiger partial charge is 0.494 e. The van der Waals surface area contributed by atoms with Crippen molar-refractivity contribution in [2.75, 3.05) is 38.2 Å². The number of hydrogen-bond acceptors (Lipinski definition) is 9. The van der Waals surface area contributed by atoms with E-state index in [9.17, 15) is 18.0 Å². The Morgan fingerprint density at radius 2 is 1.79 bits per heavy atom. The molecule has 14 heteroatoms. The van der Waals surface area contributed by atoms with Crippen molar-refractivity contribution < 1.29 is 27.1 Å². The van der Waals surface area contributed by atoms with Crippen molar-refractivity contribution >= 4 is 38.7 Å². The van der Waals surface area contributed by atoms with E-state index < -0.39 is 17.9 Å². The Balaban J connectivity index is 1.46. The van der Waals surface area contributed by atoms with Crippen molar-refractivity contribution in [3.8, 4) is 17.2 Å². The first-order valence-electron chi connectivity index (χ1n) is 11.9. The standard InChI is InChI=1S/C25H23BrF3N7O3/c1-13(30)21-20(23(37)35-7-9-36(10-8-35)24-31-11-14(26)12-32-24)34-22(39-21)16-3-5-17(38-2)19-15(16)4-6-18(33-19)25(27,28)29/h3-6,11-13H,7-10,30H2,1-2H3/t13-/m0/s1. The molecule has 5 rings (SSSR count). The predicted octanol–water partition coefficient (Wildman–Crippen LogP) is 4.45. The topological polar surface area (TPSA) is 124 Å². The second-order valence-corrected chi connectivity index (χ2v) is 9.82. The molecular formula is C25H23BrF3N7O3. The molecule has 0 aliphatic carbocycles. The van der Waals surface area contributed by atoms with Crippen LogP contribution in [0, 0.1) is 0 Å². The molecule has 204 valence electrons. The van der Waals surface area contributed by atoms with E-state index in [-0.39, 0.29) is 34.5 Å². The van der Waals surface area contributed by atoms with Gasteiger partial charge in [-0.25, -0.2) is 19.9 Å². The van der Waals surface area contributed by atoms with Crippen LogP contribution >= 0.6 is 15.9 Å². The molecule has 1 aliphatic heterocycles. The molecule has 1 atom stereocenters. The van der Waals surface area contributed by atoms with E-state index in [0.717, 1.165) is 10.5 Å². The Kier molecular flexibility index (Phi) is 7.16. The van der Waals surface area contributed by atoms with Crippen LogP contribution in [0.15, 0.2) is 45.5 Å². The lowest BCUT2D eigenvalue weighted by Crippen LogP contribution is -2.49. The number of carbonyl (C=O) groups is 1. The van der Waals surface area contributed by atoms with E-state index in [1.165, 1.54) is 19.2 Å². The number of nitrogens with zero attached hydrogens (tertiary/aromatic N) is 6. The van der Waals surface area contributed by atoms with Gasteiger partial charge in [-0.3, -0.25) is 4.79 Å². The molecule has 10 nitrogen and oxygen atoms in total. The molecule has 2 N–H and O–H groups in total. The van der Waals surface area contributed by atoms with Gasteiger partial charge in [0.1, 0.15) is 17.0 Å². The van der Waals surface area contributed by atoms with Crippen LogP contribution in [0.1, 0.15) is 34.9 Å². The SMILES string of the molecule is COc1ccc(-c2nc(C(=O)N3CCN(c4ncc(Br)cn4)CC3)c([C@H](C)N)o2)c2ccc(C(F)(F)F)nc12. The quantitative estimate of drug-likeness (QED) is 0.351. The number of oxazole rings is 1. The molecule has 3 aromatic heterocycles. The average Bonchev–Trinajstić information content (AvgIpc) is 3.37. The summed E-state index contributed by atoms with van der Waals surface area (Å²) in [6, 6.07) is 4.57. The van der Waals surface area contributed by atoms with Gasteiger partial charge in [0.25, 0.3) is 5.91 Å². The summed E-state index contributed by atoms with van der Waals surface area (Å²) in [4.78, 5) is 34.0. The van der Waals surface area contributed by atoms with Crippen LogP contribution in [0.2, 0.25) is 0 Å². The summed E-state index contributed by atoms with van der Waals surface area (Å²) in [7, 11) is 1.34. The van der Waals surface area contributed by atoms with Gasteiger partial charge in [-0.1, -0.05) is 0 Å². The fraction of sp³-hybridized carbons (Fsp3) is 0.320. The number of fused-ring (bicyclic) bond motifs is 1. The second kappa shape index (κ2) is 10.4.